The Balaban J connectivity index is 1.56. The van der Waals surface area contributed by atoms with Crippen LogP contribution >= 0.6 is 0 Å². The van der Waals surface area contributed by atoms with Gasteiger partial charge in [-0.2, -0.15) is 5.10 Å². The van der Waals surface area contributed by atoms with Crippen LogP contribution in [0, 0.1) is 12.8 Å². The molecular formula is C22H22N4O3. The van der Waals surface area contributed by atoms with Crippen molar-refractivity contribution in [3.8, 4) is 11.4 Å². The van der Waals surface area contributed by atoms with Gasteiger partial charge in [0.2, 0.25) is 5.91 Å². The van der Waals surface area contributed by atoms with Crippen molar-refractivity contribution in [2.24, 2.45) is 5.92 Å². The molecule has 0 saturated heterocycles. The molecule has 1 heterocycles. The second-order valence-corrected chi connectivity index (χ2v) is 7.07. The SMILES string of the molecule is COc1cn(-c2ccccc2)nc1C(=O)Nc1cc(NC(=O)C2CC2)ccc1C. The van der Waals surface area contributed by atoms with Crippen LogP contribution in [0.15, 0.2) is 54.7 Å². The van der Waals surface area contributed by atoms with Gasteiger partial charge in [0.1, 0.15) is 0 Å². The molecule has 0 spiro atoms. The number of carbonyl (C=O) groups is 2. The fourth-order valence-electron chi connectivity index (χ4n) is 2.98. The highest BCUT2D eigenvalue weighted by molar-refractivity contribution is 6.05. The van der Waals surface area contributed by atoms with E-state index in [1.807, 2.05) is 49.4 Å². The number of hydrogen-bond acceptors (Lipinski definition) is 4. The number of para-hydroxylation sites is 1. The van der Waals surface area contributed by atoms with E-state index in [1.165, 1.54) is 7.11 Å². The number of benzene rings is 2. The van der Waals surface area contributed by atoms with Crippen molar-refractivity contribution >= 4 is 23.2 Å². The van der Waals surface area contributed by atoms with Crippen molar-refractivity contribution in [3.05, 3.63) is 66.0 Å². The minimum atomic E-state index is -0.384. The lowest BCUT2D eigenvalue weighted by Gasteiger charge is -2.11. The first-order valence-electron chi connectivity index (χ1n) is 9.47. The van der Waals surface area contributed by atoms with E-state index in [0.717, 1.165) is 24.1 Å². The molecule has 4 rings (SSSR count). The minimum Gasteiger partial charge on any atom is -0.493 e. The van der Waals surface area contributed by atoms with Crippen LogP contribution in [-0.4, -0.2) is 28.7 Å². The van der Waals surface area contributed by atoms with E-state index >= 15 is 0 Å². The van der Waals surface area contributed by atoms with Gasteiger partial charge in [-0.15, -0.1) is 0 Å². The van der Waals surface area contributed by atoms with Crippen LogP contribution in [0.3, 0.4) is 0 Å². The lowest BCUT2D eigenvalue weighted by Crippen LogP contribution is -2.16. The van der Waals surface area contributed by atoms with Gasteiger partial charge in [-0.25, -0.2) is 4.68 Å². The summed E-state index contributed by atoms with van der Waals surface area (Å²) in [5.74, 6) is 0.127. The highest BCUT2D eigenvalue weighted by atomic mass is 16.5. The summed E-state index contributed by atoms with van der Waals surface area (Å²) >= 11 is 0. The van der Waals surface area contributed by atoms with Gasteiger partial charge in [0.05, 0.1) is 19.0 Å². The van der Waals surface area contributed by atoms with Gasteiger partial charge >= 0.3 is 0 Å². The van der Waals surface area contributed by atoms with Crippen molar-refractivity contribution < 1.29 is 14.3 Å². The molecule has 1 saturated carbocycles. The van der Waals surface area contributed by atoms with Crippen molar-refractivity contribution in [1.29, 1.82) is 0 Å². The average Bonchev–Trinajstić information content (AvgIpc) is 3.49. The van der Waals surface area contributed by atoms with Gasteiger partial charge in [0, 0.05) is 17.3 Å². The van der Waals surface area contributed by atoms with E-state index in [2.05, 4.69) is 15.7 Å². The van der Waals surface area contributed by atoms with Gasteiger partial charge < -0.3 is 15.4 Å². The molecule has 1 fully saturated rings. The normalized spacial score (nSPS) is 13.0. The molecule has 1 aromatic heterocycles. The Morgan fingerprint density at radius 3 is 2.55 bits per heavy atom. The molecular weight excluding hydrogens is 368 g/mol. The van der Waals surface area contributed by atoms with Crippen molar-refractivity contribution in [3.63, 3.8) is 0 Å². The summed E-state index contributed by atoms with van der Waals surface area (Å²) in [6, 6.07) is 14.9. The molecule has 2 N–H and O–H groups in total. The monoisotopic (exact) mass is 390 g/mol. The molecule has 3 aromatic rings. The van der Waals surface area contributed by atoms with Crippen LogP contribution in [-0.2, 0) is 4.79 Å². The van der Waals surface area contributed by atoms with E-state index in [9.17, 15) is 9.59 Å². The van der Waals surface area contributed by atoms with Crippen LogP contribution in [0.25, 0.3) is 5.69 Å². The van der Waals surface area contributed by atoms with Crippen LogP contribution in [0.2, 0.25) is 0 Å². The second-order valence-electron chi connectivity index (χ2n) is 7.07. The van der Waals surface area contributed by atoms with Crippen molar-refractivity contribution in [2.45, 2.75) is 19.8 Å². The molecule has 0 aliphatic heterocycles. The van der Waals surface area contributed by atoms with Gasteiger partial charge in [0.25, 0.3) is 5.91 Å². The topological polar surface area (TPSA) is 85.2 Å². The van der Waals surface area contributed by atoms with Crippen LogP contribution < -0.4 is 15.4 Å². The summed E-state index contributed by atoms with van der Waals surface area (Å²) in [6.07, 6.45) is 3.54. The Morgan fingerprint density at radius 2 is 1.86 bits per heavy atom. The number of nitrogens with zero attached hydrogens (tertiary/aromatic N) is 2. The molecule has 2 amide bonds. The molecule has 2 aromatic carbocycles. The summed E-state index contributed by atoms with van der Waals surface area (Å²) in [5.41, 5.74) is 3.16. The molecule has 1 aliphatic carbocycles. The molecule has 1 aliphatic rings. The fourth-order valence-corrected chi connectivity index (χ4v) is 2.98. The van der Waals surface area contributed by atoms with Crippen LogP contribution in [0.1, 0.15) is 28.9 Å². The molecule has 0 atom stereocenters. The number of amides is 2. The van der Waals surface area contributed by atoms with E-state index < -0.39 is 0 Å². The first kappa shape index (κ1) is 18.7. The van der Waals surface area contributed by atoms with Crippen LogP contribution in [0.5, 0.6) is 5.75 Å². The maximum Gasteiger partial charge on any atom is 0.280 e. The predicted molar refractivity (Wildman–Crippen MR) is 111 cm³/mol. The van der Waals surface area contributed by atoms with Gasteiger partial charge in [-0.1, -0.05) is 24.3 Å². The Bertz CT molecular complexity index is 1060. The second kappa shape index (κ2) is 7.79. The third-order valence-electron chi connectivity index (χ3n) is 4.84. The third-order valence-corrected chi connectivity index (χ3v) is 4.84. The number of nitrogens with one attached hydrogen (secondary N) is 2. The summed E-state index contributed by atoms with van der Waals surface area (Å²) in [7, 11) is 1.50. The first-order valence-corrected chi connectivity index (χ1v) is 9.47. The maximum atomic E-state index is 12.9. The Kier molecular flexibility index (Phi) is 5.03. The zero-order valence-electron chi connectivity index (χ0n) is 16.3. The zero-order chi connectivity index (χ0) is 20.4. The molecule has 0 radical (unpaired) electrons. The highest BCUT2D eigenvalue weighted by Gasteiger charge is 2.29. The number of ether oxygens (including phenoxy) is 1. The number of methoxy groups -OCH3 is 1. The summed E-state index contributed by atoms with van der Waals surface area (Å²) < 4.78 is 6.95. The predicted octanol–water partition coefficient (Wildman–Crippen LogP) is 3.79. The lowest BCUT2D eigenvalue weighted by atomic mass is 10.1. The molecule has 0 bridgehead atoms. The average molecular weight is 390 g/mol. The number of hydrogen-bond donors (Lipinski definition) is 2. The van der Waals surface area contributed by atoms with Crippen molar-refractivity contribution in [1.82, 2.24) is 9.78 Å². The minimum absolute atomic E-state index is 0.0226. The summed E-state index contributed by atoms with van der Waals surface area (Å²) in [5, 5.41) is 10.2. The quantitative estimate of drug-likeness (QED) is 0.671. The van der Waals surface area contributed by atoms with Crippen LogP contribution in [0.4, 0.5) is 11.4 Å². The number of aromatic nitrogens is 2. The molecule has 148 valence electrons. The standard InChI is InChI=1S/C22H22N4O3/c1-14-8-11-16(23-21(27)15-9-10-15)12-18(14)24-22(28)20-19(29-2)13-26(25-20)17-6-4-3-5-7-17/h3-8,11-13,15H,9-10H2,1-2H3,(H,23,27)(H,24,28). The number of anilines is 2. The van der Waals surface area contributed by atoms with E-state index in [-0.39, 0.29) is 23.4 Å². The Labute approximate surface area is 168 Å². The smallest absolute Gasteiger partial charge is 0.280 e. The van der Waals surface area contributed by atoms with E-state index in [0.29, 0.717) is 17.1 Å². The molecule has 0 unspecified atom stereocenters. The maximum absolute atomic E-state index is 12.9. The largest absolute Gasteiger partial charge is 0.493 e. The number of rotatable bonds is 6. The number of carbonyl (C=O) groups excluding carboxylic acids is 2. The van der Waals surface area contributed by atoms with E-state index in [1.54, 1.807) is 16.9 Å². The summed E-state index contributed by atoms with van der Waals surface area (Å²) in [6.45, 7) is 1.89. The number of aryl methyl sites for hydroxylation is 1. The Hall–Kier alpha value is -3.61. The fraction of sp³-hybridized carbons (Fsp3) is 0.227. The van der Waals surface area contributed by atoms with Gasteiger partial charge in [-0.05, 0) is 49.6 Å². The lowest BCUT2D eigenvalue weighted by molar-refractivity contribution is -0.117. The molecule has 7 nitrogen and oxygen atoms in total. The zero-order valence-corrected chi connectivity index (χ0v) is 16.3. The summed E-state index contributed by atoms with van der Waals surface area (Å²) in [4.78, 5) is 24.9. The van der Waals surface area contributed by atoms with E-state index in [4.69, 9.17) is 4.74 Å². The highest BCUT2D eigenvalue weighted by Crippen LogP contribution is 2.31. The first-order chi connectivity index (χ1) is 14.0. The Morgan fingerprint density at radius 1 is 1.10 bits per heavy atom. The molecule has 29 heavy (non-hydrogen) atoms. The van der Waals surface area contributed by atoms with Crippen molar-refractivity contribution in [2.75, 3.05) is 17.7 Å². The molecule has 7 heteroatoms. The third kappa shape index (κ3) is 4.13. The van der Waals surface area contributed by atoms with Gasteiger partial charge in [-0.3, -0.25) is 9.59 Å². The van der Waals surface area contributed by atoms with Gasteiger partial charge in [0.15, 0.2) is 11.4 Å².